The van der Waals surface area contributed by atoms with Crippen molar-refractivity contribution in [3.05, 3.63) is 57.8 Å². The van der Waals surface area contributed by atoms with Gasteiger partial charge in [-0.05, 0) is 36.4 Å². The van der Waals surface area contributed by atoms with Gasteiger partial charge in [0.1, 0.15) is 17.3 Å². The third-order valence-corrected chi connectivity index (χ3v) is 3.86. The van der Waals surface area contributed by atoms with Crippen LogP contribution in [0.25, 0.3) is 0 Å². The quantitative estimate of drug-likeness (QED) is 0.813. The van der Waals surface area contributed by atoms with Crippen molar-refractivity contribution < 1.29 is 13.9 Å². The molecule has 0 aliphatic rings. The predicted molar refractivity (Wildman–Crippen MR) is 87.3 cm³/mol. The van der Waals surface area contributed by atoms with Crippen LogP contribution >= 0.6 is 28.1 Å². The minimum atomic E-state index is -0.501. The molecule has 0 bridgehead atoms. The van der Waals surface area contributed by atoms with Gasteiger partial charge in [0.15, 0.2) is 11.6 Å². The van der Waals surface area contributed by atoms with E-state index >= 15 is 0 Å². The third-order valence-electron chi connectivity index (χ3n) is 2.85. The van der Waals surface area contributed by atoms with Gasteiger partial charge in [0.25, 0.3) is 0 Å². The van der Waals surface area contributed by atoms with Crippen LogP contribution in [0.3, 0.4) is 0 Å². The maximum Gasteiger partial charge on any atom is 0.165 e. The zero-order valence-corrected chi connectivity index (χ0v) is 13.6. The van der Waals surface area contributed by atoms with Gasteiger partial charge in [-0.2, -0.15) is 0 Å². The number of hydrogen-bond acceptors (Lipinski definition) is 3. The van der Waals surface area contributed by atoms with E-state index in [0.717, 1.165) is 10.0 Å². The highest BCUT2D eigenvalue weighted by molar-refractivity contribution is 9.10. The first kappa shape index (κ1) is 15.7. The summed E-state index contributed by atoms with van der Waals surface area (Å²) < 4.78 is 25.4. The van der Waals surface area contributed by atoms with E-state index < -0.39 is 5.82 Å². The molecule has 0 aliphatic carbocycles. The second-order valence-electron chi connectivity index (χ2n) is 4.26. The molecule has 110 valence electrons. The highest BCUT2D eigenvalue weighted by Gasteiger charge is 2.08. The fraction of sp³-hybridized carbons (Fsp3) is 0.133. The SMILES string of the molecule is COc1ccc(Br)c(COc2ccc(C(N)=S)cc2F)c1. The van der Waals surface area contributed by atoms with Crippen LogP contribution in [0.5, 0.6) is 11.5 Å². The largest absolute Gasteiger partial charge is 0.497 e. The first-order valence-corrected chi connectivity index (χ1v) is 7.26. The van der Waals surface area contributed by atoms with Gasteiger partial charge in [-0.1, -0.05) is 28.1 Å². The molecule has 0 saturated heterocycles. The Morgan fingerprint density at radius 2 is 2.05 bits per heavy atom. The number of benzene rings is 2. The Hall–Kier alpha value is -1.66. The van der Waals surface area contributed by atoms with E-state index in [4.69, 9.17) is 27.4 Å². The van der Waals surface area contributed by atoms with Crippen molar-refractivity contribution in [1.29, 1.82) is 0 Å². The van der Waals surface area contributed by atoms with Crippen molar-refractivity contribution in [3.8, 4) is 11.5 Å². The van der Waals surface area contributed by atoms with Crippen LogP contribution in [0.15, 0.2) is 40.9 Å². The average molecular weight is 370 g/mol. The van der Waals surface area contributed by atoms with Crippen molar-refractivity contribution in [3.63, 3.8) is 0 Å². The molecule has 0 saturated carbocycles. The zero-order valence-electron chi connectivity index (χ0n) is 11.2. The minimum absolute atomic E-state index is 0.143. The van der Waals surface area contributed by atoms with Gasteiger partial charge in [-0.3, -0.25) is 0 Å². The van der Waals surface area contributed by atoms with Crippen LogP contribution in [-0.4, -0.2) is 12.1 Å². The van der Waals surface area contributed by atoms with E-state index in [-0.39, 0.29) is 17.3 Å². The minimum Gasteiger partial charge on any atom is -0.497 e. The molecule has 2 N–H and O–H groups in total. The van der Waals surface area contributed by atoms with E-state index in [0.29, 0.717) is 11.3 Å². The first-order chi connectivity index (χ1) is 10.0. The molecule has 0 radical (unpaired) electrons. The molecule has 2 rings (SSSR count). The van der Waals surface area contributed by atoms with Gasteiger partial charge < -0.3 is 15.2 Å². The summed E-state index contributed by atoms with van der Waals surface area (Å²) in [5.74, 6) is 0.352. The lowest BCUT2D eigenvalue weighted by molar-refractivity contribution is 0.289. The van der Waals surface area contributed by atoms with Gasteiger partial charge in [0, 0.05) is 15.6 Å². The Morgan fingerprint density at radius 3 is 2.67 bits per heavy atom. The molecule has 3 nitrogen and oxygen atoms in total. The normalized spacial score (nSPS) is 10.2. The molecular formula is C15H13BrFNO2S. The fourth-order valence-corrected chi connectivity index (χ4v) is 2.20. The monoisotopic (exact) mass is 369 g/mol. The second kappa shape index (κ2) is 6.87. The van der Waals surface area contributed by atoms with Crippen molar-refractivity contribution >= 4 is 33.1 Å². The summed E-state index contributed by atoms with van der Waals surface area (Å²) >= 11 is 8.22. The molecule has 2 aromatic rings. The lowest BCUT2D eigenvalue weighted by Crippen LogP contribution is -2.09. The second-order valence-corrected chi connectivity index (χ2v) is 5.55. The Morgan fingerprint density at radius 1 is 1.29 bits per heavy atom. The zero-order chi connectivity index (χ0) is 15.4. The molecule has 21 heavy (non-hydrogen) atoms. The summed E-state index contributed by atoms with van der Waals surface area (Å²) in [5, 5.41) is 0. The van der Waals surface area contributed by atoms with E-state index in [1.165, 1.54) is 12.1 Å². The Labute approximate surface area is 136 Å². The molecule has 0 aromatic heterocycles. The van der Waals surface area contributed by atoms with Crippen LogP contribution in [0.4, 0.5) is 4.39 Å². The number of rotatable bonds is 5. The standard InChI is InChI=1S/C15H13BrFNO2S/c1-19-11-3-4-12(16)10(6-11)8-20-14-5-2-9(15(18)21)7-13(14)17/h2-7H,8H2,1H3,(H2,18,21). The summed E-state index contributed by atoms with van der Waals surface area (Å²) in [4.78, 5) is 0.149. The Bertz CT molecular complexity index is 679. The van der Waals surface area contributed by atoms with Crippen molar-refractivity contribution in [2.24, 2.45) is 5.73 Å². The van der Waals surface area contributed by atoms with Gasteiger partial charge in [0.05, 0.1) is 7.11 Å². The number of nitrogens with two attached hydrogens (primary N) is 1. The molecule has 0 unspecified atom stereocenters. The van der Waals surface area contributed by atoms with E-state index in [9.17, 15) is 4.39 Å². The van der Waals surface area contributed by atoms with Crippen LogP contribution in [0.1, 0.15) is 11.1 Å². The first-order valence-electron chi connectivity index (χ1n) is 6.06. The van der Waals surface area contributed by atoms with Gasteiger partial charge in [0.2, 0.25) is 0 Å². The van der Waals surface area contributed by atoms with Crippen molar-refractivity contribution in [2.45, 2.75) is 6.61 Å². The molecule has 0 amide bonds. The molecule has 6 heteroatoms. The maximum atomic E-state index is 13.9. The number of thiocarbonyl (C=S) groups is 1. The molecular weight excluding hydrogens is 357 g/mol. The van der Waals surface area contributed by atoms with E-state index in [2.05, 4.69) is 15.9 Å². The lowest BCUT2D eigenvalue weighted by Gasteiger charge is -2.11. The van der Waals surface area contributed by atoms with Gasteiger partial charge in [-0.15, -0.1) is 0 Å². The van der Waals surface area contributed by atoms with E-state index in [1.807, 2.05) is 18.2 Å². The lowest BCUT2D eigenvalue weighted by atomic mass is 10.2. The molecule has 2 aromatic carbocycles. The fourth-order valence-electron chi connectivity index (χ4n) is 1.72. The number of halogens is 2. The Balaban J connectivity index is 2.15. The topological polar surface area (TPSA) is 44.5 Å². The van der Waals surface area contributed by atoms with Crippen molar-refractivity contribution in [2.75, 3.05) is 7.11 Å². The summed E-state index contributed by atoms with van der Waals surface area (Å²) in [6.45, 7) is 0.209. The van der Waals surface area contributed by atoms with Crippen molar-refractivity contribution in [1.82, 2.24) is 0 Å². The highest BCUT2D eigenvalue weighted by Crippen LogP contribution is 2.25. The molecule has 0 spiro atoms. The van der Waals surface area contributed by atoms with Crippen LogP contribution in [0, 0.1) is 5.82 Å². The van der Waals surface area contributed by atoms with Crippen LogP contribution < -0.4 is 15.2 Å². The summed E-state index contributed by atoms with van der Waals surface area (Å²) in [7, 11) is 1.59. The number of hydrogen-bond donors (Lipinski definition) is 1. The molecule has 0 aliphatic heterocycles. The average Bonchev–Trinajstić information content (AvgIpc) is 2.47. The summed E-state index contributed by atoms with van der Waals surface area (Å²) in [6, 6.07) is 9.90. The highest BCUT2D eigenvalue weighted by atomic mass is 79.9. The van der Waals surface area contributed by atoms with Gasteiger partial charge in [-0.25, -0.2) is 4.39 Å². The van der Waals surface area contributed by atoms with Crippen LogP contribution in [-0.2, 0) is 6.61 Å². The number of methoxy groups -OCH3 is 1. The molecule has 0 fully saturated rings. The predicted octanol–water partition coefficient (Wildman–Crippen LogP) is 3.81. The molecule has 0 atom stereocenters. The van der Waals surface area contributed by atoms with Crippen LogP contribution in [0.2, 0.25) is 0 Å². The molecule has 0 heterocycles. The number of ether oxygens (including phenoxy) is 2. The van der Waals surface area contributed by atoms with Gasteiger partial charge >= 0.3 is 0 Å². The maximum absolute atomic E-state index is 13.9. The Kier molecular flexibility index (Phi) is 5.14. The summed E-state index contributed by atoms with van der Waals surface area (Å²) in [5.41, 5.74) is 6.78. The summed E-state index contributed by atoms with van der Waals surface area (Å²) in [6.07, 6.45) is 0. The smallest absolute Gasteiger partial charge is 0.165 e. The third kappa shape index (κ3) is 3.92. The van der Waals surface area contributed by atoms with E-state index in [1.54, 1.807) is 13.2 Å².